The van der Waals surface area contributed by atoms with E-state index in [1.807, 2.05) is 18.2 Å². The fourth-order valence-corrected chi connectivity index (χ4v) is 3.22. The van der Waals surface area contributed by atoms with Crippen molar-refractivity contribution in [3.05, 3.63) is 70.9 Å². The van der Waals surface area contributed by atoms with Gasteiger partial charge in [0.2, 0.25) is 0 Å². The average Bonchev–Trinajstić information content (AvgIpc) is 3.02. The molecule has 2 aromatic carbocycles. The normalized spacial score (nSPS) is 15.2. The Balaban J connectivity index is 1.57. The molecule has 3 aromatic rings. The molecule has 1 aliphatic rings. The lowest BCUT2D eigenvalue weighted by atomic mass is 9.94. The molecule has 0 bridgehead atoms. The molecule has 4 rings (SSSR count). The van der Waals surface area contributed by atoms with Crippen molar-refractivity contribution in [1.82, 2.24) is 4.98 Å². The third kappa shape index (κ3) is 2.65. The number of nitrogens with zero attached hydrogens (tertiary/aromatic N) is 2. The number of para-hydroxylation sites is 1. The number of H-pyrrole nitrogens is 1. The van der Waals surface area contributed by atoms with Gasteiger partial charge in [-0.3, -0.25) is 0 Å². The van der Waals surface area contributed by atoms with Gasteiger partial charge in [-0.2, -0.15) is 5.26 Å². The minimum Gasteiger partial charge on any atom is -0.391 e. The first-order chi connectivity index (χ1) is 11.8. The fraction of sp³-hybridized carbons (Fsp3) is 0.200. The number of aryl methyl sites for hydroxylation is 1. The predicted octanol–water partition coefficient (Wildman–Crippen LogP) is 4.30. The number of aromatic nitrogens is 1. The van der Waals surface area contributed by atoms with Crippen molar-refractivity contribution in [1.29, 1.82) is 5.26 Å². The summed E-state index contributed by atoms with van der Waals surface area (Å²) in [6.45, 7) is 0.410. The molecule has 0 saturated heterocycles. The summed E-state index contributed by atoms with van der Waals surface area (Å²) in [5.41, 5.74) is 6.29. The van der Waals surface area contributed by atoms with Gasteiger partial charge in [0.25, 0.3) is 0 Å². The van der Waals surface area contributed by atoms with Crippen LogP contribution in [0.4, 0.5) is 0 Å². The van der Waals surface area contributed by atoms with Crippen molar-refractivity contribution in [2.45, 2.75) is 25.9 Å². The van der Waals surface area contributed by atoms with Crippen molar-refractivity contribution < 1.29 is 4.84 Å². The van der Waals surface area contributed by atoms with E-state index in [4.69, 9.17) is 10.1 Å². The molecule has 0 unspecified atom stereocenters. The summed E-state index contributed by atoms with van der Waals surface area (Å²) in [7, 11) is 0. The van der Waals surface area contributed by atoms with Crippen LogP contribution < -0.4 is 0 Å². The summed E-state index contributed by atoms with van der Waals surface area (Å²) >= 11 is 0. The van der Waals surface area contributed by atoms with E-state index in [0.717, 1.165) is 36.1 Å². The van der Waals surface area contributed by atoms with Crippen LogP contribution in [-0.4, -0.2) is 10.7 Å². The van der Waals surface area contributed by atoms with Gasteiger partial charge in [-0.15, -0.1) is 0 Å². The Bertz CT molecular complexity index is 945. The van der Waals surface area contributed by atoms with Crippen LogP contribution in [0, 0.1) is 11.3 Å². The van der Waals surface area contributed by atoms with Gasteiger partial charge in [0.1, 0.15) is 6.61 Å². The molecule has 1 heterocycles. The number of rotatable bonds is 3. The number of fused-ring (bicyclic) bond motifs is 3. The number of hydrogen-bond acceptors (Lipinski definition) is 3. The molecule has 24 heavy (non-hydrogen) atoms. The summed E-state index contributed by atoms with van der Waals surface area (Å²) in [6.07, 6.45) is 3.07. The Labute approximate surface area is 140 Å². The second-order valence-corrected chi connectivity index (χ2v) is 6.00. The van der Waals surface area contributed by atoms with Crippen LogP contribution in [0.15, 0.2) is 53.7 Å². The highest BCUT2D eigenvalue weighted by Gasteiger charge is 2.21. The largest absolute Gasteiger partial charge is 0.391 e. The standard InChI is InChI=1S/C20H17N3O/c21-12-14-8-10-15(11-9-14)13-24-23-19-7-3-6-18-20(19)16-4-1-2-5-17(16)22-18/h1-2,4-5,8-11,22H,3,6-7,13H2. The molecule has 4 heteroatoms. The van der Waals surface area contributed by atoms with Crippen LogP contribution in [0.2, 0.25) is 0 Å². The number of nitrogens with one attached hydrogen (secondary N) is 1. The van der Waals surface area contributed by atoms with Crippen molar-refractivity contribution >= 4 is 16.6 Å². The number of benzene rings is 2. The third-order valence-corrected chi connectivity index (χ3v) is 4.40. The third-order valence-electron chi connectivity index (χ3n) is 4.40. The summed E-state index contributed by atoms with van der Waals surface area (Å²) in [5, 5.41) is 14.5. The number of oxime groups is 1. The lowest BCUT2D eigenvalue weighted by Gasteiger charge is -2.14. The molecule has 1 N–H and O–H groups in total. The van der Waals surface area contributed by atoms with Gasteiger partial charge in [0, 0.05) is 22.2 Å². The molecule has 0 aliphatic heterocycles. The molecule has 0 saturated carbocycles. The number of nitriles is 1. The summed E-state index contributed by atoms with van der Waals surface area (Å²) < 4.78 is 0. The second-order valence-electron chi connectivity index (χ2n) is 6.00. The van der Waals surface area contributed by atoms with E-state index in [9.17, 15) is 0 Å². The van der Waals surface area contributed by atoms with Crippen molar-refractivity contribution in [2.24, 2.45) is 5.16 Å². The SMILES string of the molecule is N#Cc1ccc(CON=C2CCCc3[nH]c4ccccc4c32)cc1. The molecule has 0 radical (unpaired) electrons. The van der Waals surface area contributed by atoms with Crippen LogP contribution in [0.3, 0.4) is 0 Å². The molecule has 0 amide bonds. The first kappa shape index (κ1) is 14.5. The van der Waals surface area contributed by atoms with Crippen molar-refractivity contribution in [3.63, 3.8) is 0 Å². The van der Waals surface area contributed by atoms with Gasteiger partial charge in [0.05, 0.1) is 17.3 Å². The van der Waals surface area contributed by atoms with Crippen LogP contribution in [0.25, 0.3) is 10.9 Å². The summed E-state index contributed by atoms with van der Waals surface area (Å²) in [5.74, 6) is 0. The summed E-state index contributed by atoms with van der Waals surface area (Å²) in [6, 6.07) is 17.8. The quantitative estimate of drug-likeness (QED) is 0.733. The van der Waals surface area contributed by atoms with Crippen LogP contribution in [-0.2, 0) is 17.9 Å². The highest BCUT2D eigenvalue weighted by Crippen LogP contribution is 2.29. The maximum absolute atomic E-state index is 8.83. The van der Waals surface area contributed by atoms with Gasteiger partial charge >= 0.3 is 0 Å². The number of aromatic amines is 1. The zero-order chi connectivity index (χ0) is 16.4. The van der Waals surface area contributed by atoms with E-state index in [-0.39, 0.29) is 0 Å². The van der Waals surface area contributed by atoms with Gasteiger partial charge in [0.15, 0.2) is 0 Å². The molecular weight excluding hydrogens is 298 g/mol. The lowest BCUT2D eigenvalue weighted by Crippen LogP contribution is -2.11. The van der Waals surface area contributed by atoms with E-state index >= 15 is 0 Å². The monoisotopic (exact) mass is 315 g/mol. The molecule has 0 spiro atoms. The highest BCUT2D eigenvalue weighted by molar-refractivity contribution is 6.12. The van der Waals surface area contributed by atoms with Crippen LogP contribution >= 0.6 is 0 Å². The Morgan fingerprint density at radius 3 is 2.75 bits per heavy atom. The van der Waals surface area contributed by atoms with E-state index in [1.165, 1.54) is 16.6 Å². The van der Waals surface area contributed by atoms with E-state index in [2.05, 4.69) is 34.4 Å². The van der Waals surface area contributed by atoms with E-state index < -0.39 is 0 Å². The van der Waals surface area contributed by atoms with Gasteiger partial charge in [-0.05, 0) is 43.0 Å². The maximum atomic E-state index is 8.83. The molecular formula is C20H17N3O. The molecule has 1 aliphatic carbocycles. The molecule has 0 fully saturated rings. The Morgan fingerprint density at radius 2 is 1.92 bits per heavy atom. The lowest BCUT2D eigenvalue weighted by molar-refractivity contribution is 0.130. The minimum absolute atomic E-state index is 0.410. The van der Waals surface area contributed by atoms with E-state index in [1.54, 1.807) is 12.1 Å². The van der Waals surface area contributed by atoms with E-state index in [0.29, 0.717) is 12.2 Å². The topological polar surface area (TPSA) is 61.2 Å². The first-order valence-corrected chi connectivity index (χ1v) is 8.13. The number of hydrogen-bond donors (Lipinski definition) is 1. The predicted molar refractivity (Wildman–Crippen MR) is 93.7 cm³/mol. The van der Waals surface area contributed by atoms with Crippen molar-refractivity contribution in [3.8, 4) is 6.07 Å². The molecule has 1 aromatic heterocycles. The summed E-state index contributed by atoms with van der Waals surface area (Å²) in [4.78, 5) is 9.10. The average molecular weight is 315 g/mol. The zero-order valence-corrected chi connectivity index (χ0v) is 13.2. The Kier molecular flexibility index (Phi) is 3.76. The smallest absolute Gasteiger partial charge is 0.142 e. The Morgan fingerprint density at radius 1 is 1.08 bits per heavy atom. The maximum Gasteiger partial charge on any atom is 0.142 e. The highest BCUT2D eigenvalue weighted by atomic mass is 16.6. The fourth-order valence-electron chi connectivity index (χ4n) is 3.22. The molecule has 4 nitrogen and oxygen atoms in total. The molecule has 0 atom stereocenters. The van der Waals surface area contributed by atoms with Crippen molar-refractivity contribution in [2.75, 3.05) is 0 Å². The minimum atomic E-state index is 0.410. The Hall–Kier alpha value is -3.06. The second kappa shape index (κ2) is 6.21. The zero-order valence-electron chi connectivity index (χ0n) is 13.2. The van der Waals surface area contributed by atoms with Crippen LogP contribution in [0.1, 0.15) is 35.2 Å². The van der Waals surface area contributed by atoms with Gasteiger partial charge < -0.3 is 9.82 Å². The molecule has 118 valence electrons. The van der Waals surface area contributed by atoms with Crippen LogP contribution in [0.5, 0.6) is 0 Å². The first-order valence-electron chi connectivity index (χ1n) is 8.13. The van der Waals surface area contributed by atoms with Gasteiger partial charge in [-0.25, -0.2) is 0 Å². The van der Waals surface area contributed by atoms with Gasteiger partial charge in [-0.1, -0.05) is 35.5 Å².